The smallest absolute Gasteiger partial charge is 0.231 e. The SMILES string of the molecule is Cc1ccc(CN2COc3ccc4c(c3C2)O/C(=C\c2cccc(C)c2)C4=O)cc1. The van der Waals surface area contributed by atoms with Crippen molar-refractivity contribution in [3.05, 3.63) is 99.8 Å². The summed E-state index contributed by atoms with van der Waals surface area (Å²) in [4.78, 5) is 15.1. The molecule has 30 heavy (non-hydrogen) atoms. The number of benzene rings is 3. The van der Waals surface area contributed by atoms with Gasteiger partial charge in [0.05, 0.1) is 11.1 Å². The summed E-state index contributed by atoms with van der Waals surface area (Å²) in [5.74, 6) is 1.70. The van der Waals surface area contributed by atoms with Gasteiger partial charge in [-0.1, -0.05) is 59.7 Å². The van der Waals surface area contributed by atoms with Crippen LogP contribution in [0.2, 0.25) is 0 Å². The van der Waals surface area contributed by atoms with Crippen molar-refractivity contribution in [1.29, 1.82) is 0 Å². The molecule has 3 aromatic rings. The molecule has 0 unspecified atom stereocenters. The quantitative estimate of drug-likeness (QED) is 0.564. The molecule has 2 heterocycles. The van der Waals surface area contributed by atoms with E-state index >= 15 is 0 Å². The maximum Gasteiger partial charge on any atom is 0.231 e. The van der Waals surface area contributed by atoms with E-state index < -0.39 is 0 Å². The molecule has 0 radical (unpaired) electrons. The van der Waals surface area contributed by atoms with Gasteiger partial charge in [0.2, 0.25) is 5.78 Å². The first-order chi connectivity index (χ1) is 14.6. The fourth-order valence-electron chi connectivity index (χ4n) is 3.97. The second-order valence-corrected chi connectivity index (χ2v) is 8.02. The van der Waals surface area contributed by atoms with Crippen LogP contribution in [0.15, 0.2) is 66.4 Å². The molecule has 0 amide bonds. The standard InChI is InChI=1S/C26H23NO3/c1-17-6-8-19(9-7-17)14-27-15-22-23(29-16-27)11-10-21-25(28)24(30-26(21)22)13-20-5-3-4-18(2)12-20/h3-13H,14-16H2,1-2H3/b24-13-. The number of allylic oxidation sites excluding steroid dienone is 1. The van der Waals surface area contributed by atoms with E-state index in [0.29, 0.717) is 30.3 Å². The molecule has 0 aromatic heterocycles. The van der Waals surface area contributed by atoms with E-state index in [4.69, 9.17) is 9.47 Å². The van der Waals surface area contributed by atoms with Crippen molar-refractivity contribution in [2.24, 2.45) is 0 Å². The van der Waals surface area contributed by atoms with Gasteiger partial charge in [0, 0.05) is 13.1 Å². The normalized spacial score (nSPS) is 16.7. The molecule has 3 aromatic carbocycles. The molecular formula is C26H23NO3. The van der Waals surface area contributed by atoms with Crippen LogP contribution >= 0.6 is 0 Å². The van der Waals surface area contributed by atoms with E-state index in [1.54, 1.807) is 0 Å². The summed E-state index contributed by atoms with van der Waals surface area (Å²) in [5, 5.41) is 0. The lowest BCUT2D eigenvalue weighted by Gasteiger charge is -2.29. The Balaban J connectivity index is 1.42. The largest absolute Gasteiger partial charge is 0.478 e. The number of ether oxygens (including phenoxy) is 2. The van der Waals surface area contributed by atoms with Crippen LogP contribution in [0.25, 0.3) is 6.08 Å². The van der Waals surface area contributed by atoms with Gasteiger partial charge in [0.15, 0.2) is 5.76 Å². The fourth-order valence-corrected chi connectivity index (χ4v) is 3.97. The van der Waals surface area contributed by atoms with Crippen LogP contribution in [0.3, 0.4) is 0 Å². The Morgan fingerprint density at radius 2 is 1.83 bits per heavy atom. The number of Topliss-reactive ketones (excluding diaryl/α,β-unsaturated/α-hetero) is 1. The lowest BCUT2D eigenvalue weighted by atomic mass is 10.0. The molecule has 2 aliphatic rings. The van der Waals surface area contributed by atoms with Gasteiger partial charge in [0.1, 0.15) is 18.2 Å². The first-order valence-corrected chi connectivity index (χ1v) is 10.1. The predicted molar refractivity (Wildman–Crippen MR) is 116 cm³/mol. The number of carbonyl (C=O) groups is 1. The summed E-state index contributed by atoms with van der Waals surface area (Å²) in [6, 6.07) is 20.2. The van der Waals surface area contributed by atoms with Crippen LogP contribution in [0.5, 0.6) is 11.5 Å². The minimum atomic E-state index is -0.0787. The van der Waals surface area contributed by atoms with Crippen LogP contribution < -0.4 is 9.47 Å². The highest BCUT2D eigenvalue weighted by atomic mass is 16.5. The van der Waals surface area contributed by atoms with Gasteiger partial charge in [-0.3, -0.25) is 9.69 Å². The Morgan fingerprint density at radius 3 is 2.63 bits per heavy atom. The zero-order valence-electron chi connectivity index (χ0n) is 17.1. The van der Waals surface area contributed by atoms with Gasteiger partial charge in [-0.25, -0.2) is 0 Å². The van der Waals surface area contributed by atoms with Crippen LogP contribution in [0.1, 0.15) is 38.2 Å². The third-order valence-corrected chi connectivity index (χ3v) is 5.55. The fraction of sp³-hybridized carbons (Fsp3) is 0.192. The van der Waals surface area contributed by atoms with E-state index in [0.717, 1.165) is 29.0 Å². The summed E-state index contributed by atoms with van der Waals surface area (Å²) in [7, 11) is 0. The summed E-state index contributed by atoms with van der Waals surface area (Å²) in [6.07, 6.45) is 1.81. The van der Waals surface area contributed by atoms with Crippen molar-refractivity contribution < 1.29 is 14.3 Å². The molecule has 150 valence electrons. The highest BCUT2D eigenvalue weighted by Gasteiger charge is 2.33. The predicted octanol–water partition coefficient (Wildman–Crippen LogP) is 5.27. The topological polar surface area (TPSA) is 38.8 Å². The zero-order valence-corrected chi connectivity index (χ0v) is 17.1. The first-order valence-electron chi connectivity index (χ1n) is 10.1. The van der Waals surface area contributed by atoms with Crippen LogP contribution in [0, 0.1) is 13.8 Å². The molecule has 0 bridgehead atoms. The molecule has 0 atom stereocenters. The maximum atomic E-state index is 12.9. The number of hydrogen-bond donors (Lipinski definition) is 0. The molecule has 0 saturated carbocycles. The van der Waals surface area contributed by atoms with Crippen molar-refractivity contribution in [3.63, 3.8) is 0 Å². The molecule has 2 aliphatic heterocycles. The van der Waals surface area contributed by atoms with E-state index in [2.05, 4.69) is 36.1 Å². The Kier molecular flexibility index (Phi) is 4.64. The summed E-state index contributed by atoms with van der Waals surface area (Å²) >= 11 is 0. The number of hydrogen-bond acceptors (Lipinski definition) is 4. The monoisotopic (exact) mass is 397 g/mol. The van der Waals surface area contributed by atoms with Gasteiger partial charge in [-0.15, -0.1) is 0 Å². The van der Waals surface area contributed by atoms with Gasteiger partial charge >= 0.3 is 0 Å². The molecule has 4 nitrogen and oxygen atoms in total. The molecule has 0 saturated heterocycles. The molecule has 0 aliphatic carbocycles. The van der Waals surface area contributed by atoms with Crippen molar-refractivity contribution >= 4 is 11.9 Å². The van der Waals surface area contributed by atoms with Crippen molar-refractivity contribution in [2.75, 3.05) is 6.73 Å². The van der Waals surface area contributed by atoms with Gasteiger partial charge in [-0.05, 0) is 43.2 Å². The number of aryl methyl sites for hydroxylation is 2. The summed E-state index contributed by atoms with van der Waals surface area (Å²) < 4.78 is 12.1. The lowest BCUT2D eigenvalue weighted by Crippen LogP contribution is -2.31. The van der Waals surface area contributed by atoms with E-state index in [1.165, 1.54) is 11.1 Å². The molecule has 5 rings (SSSR count). The van der Waals surface area contributed by atoms with Crippen molar-refractivity contribution in [3.8, 4) is 11.5 Å². The van der Waals surface area contributed by atoms with Crippen LogP contribution in [0.4, 0.5) is 0 Å². The Labute approximate surface area is 176 Å². The second-order valence-electron chi connectivity index (χ2n) is 8.02. The summed E-state index contributed by atoms with van der Waals surface area (Å²) in [6.45, 7) is 6.09. The minimum absolute atomic E-state index is 0.0787. The number of ketones is 1. The average molecular weight is 397 g/mol. The van der Waals surface area contributed by atoms with Crippen LogP contribution in [-0.2, 0) is 13.1 Å². The Morgan fingerprint density at radius 1 is 1.00 bits per heavy atom. The van der Waals surface area contributed by atoms with Gasteiger partial charge in [0.25, 0.3) is 0 Å². The Bertz CT molecular complexity index is 1160. The van der Waals surface area contributed by atoms with E-state index in [-0.39, 0.29) is 5.78 Å². The van der Waals surface area contributed by atoms with Crippen molar-refractivity contribution in [1.82, 2.24) is 4.90 Å². The first kappa shape index (κ1) is 18.6. The zero-order chi connectivity index (χ0) is 20.7. The van der Waals surface area contributed by atoms with Crippen molar-refractivity contribution in [2.45, 2.75) is 26.9 Å². The molecule has 0 spiro atoms. The number of rotatable bonds is 3. The number of nitrogens with zero attached hydrogens (tertiary/aromatic N) is 1. The minimum Gasteiger partial charge on any atom is -0.478 e. The number of fused-ring (bicyclic) bond motifs is 3. The third kappa shape index (κ3) is 3.51. The second kappa shape index (κ2) is 7.47. The average Bonchev–Trinajstić information content (AvgIpc) is 3.06. The van der Waals surface area contributed by atoms with Gasteiger partial charge in [-0.2, -0.15) is 0 Å². The van der Waals surface area contributed by atoms with Crippen LogP contribution in [-0.4, -0.2) is 17.4 Å². The lowest BCUT2D eigenvalue weighted by molar-refractivity contribution is 0.0873. The molecular weight excluding hydrogens is 374 g/mol. The van der Waals surface area contributed by atoms with Gasteiger partial charge < -0.3 is 9.47 Å². The number of carbonyl (C=O) groups excluding carboxylic acids is 1. The van der Waals surface area contributed by atoms with E-state index in [9.17, 15) is 4.79 Å². The summed E-state index contributed by atoms with van der Waals surface area (Å²) in [5.41, 5.74) is 6.12. The Hall–Kier alpha value is -3.37. The molecule has 4 heteroatoms. The molecule has 0 fully saturated rings. The highest BCUT2D eigenvalue weighted by Crippen LogP contribution is 2.42. The maximum absolute atomic E-state index is 12.9. The molecule has 0 N–H and O–H groups in total. The van der Waals surface area contributed by atoms with E-state index in [1.807, 2.05) is 49.4 Å². The highest BCUT2D eigenvalue weighted by molar-refractivity contribution is 6.15. The third-order valence-electron chi connectivity index (χ3n) is 5.55.